The van der Waals surface area contributed by atoms with Crippen molar-refractivity contribution in [1.82, 2.24) is 0 Å². The van der Waals surface area contributed by atoms with E-state index in [1.807, 2.05) is 13.8 Å². The fourth-order valence-electron chi connectivity index (χ4n) is 1.33. The first-order valence-corrected chi connectivity index (χ1v) is 5.56. The number of aryl methyl sites for hydroxylation is 1. The Hall–Kier alpha value is -1.95. The molecular weight excluding hydrogens is 236 g/mol. The lowest BCUT2D eigenvalue weighted by atomic mass is 10.2. The van der Waals surface area contributed by atoms with E-state index in [0.29, 0.717) is 0 Å². The zero-order valence-electron chi connectivity index (χ0n) is 10.6. The number of anilines is 1. The molecule has 0 aliphatic rings. The number of nitrogens with one attached hydrogen (secondary N) is 1. The minimum absolute atomic E-state index is 0.0660. The van der Waals surface area contributed by atoms with Crippen LogP contribution in [0.2, 0.25) is 0 Å². The predicted molar refractivity (Wildman–Crippen MR) is 67.6 cm³/mol. The third kappa shape index (κ3) is 4.14. The van der Waals surface area contributed by atoms with Gasteiger partial charge in [-0.3, -0.25) is 14.9 Å². The van der Waals surface area contributed by atoms with Crippen LogP contribution in [0.15, 0.2) is 18.2 Å². The zero-order valence-corrected chi connectivity index (χ0v) is 10.6. The lowest BCUT2D eigenvalue weighted by Gasteiger charge is -2.09. The number of carbonyl (C=O) groups excluding carboxylic acids is 1. The van der Waals surface area contributed by atoms with E-state index in [9.17, 15) is 14.9 Å². The van der Waals surface area contributed by atoms with E-state index in [4.69, 9.17) is 4.74 Å². The number of benzene rings is 1. The fourth-order valence-corrected chi connectivity index (χ4v) is 1.33. The van der Waals surface area contributed by atoms with Crippen molar-refractivity contribution in [3.05, 3.63) is 33.9 Å². The number of hydrogen-bond donors (Lipinski definition) is 1. The molecule has 1 aromatic carbocycles. The Morgan fingerprint density at radius 1 is 1.50 bits per heavy atom. The van der Waals surface area contributed by atoms with Gasteiger partial charge in [0.15, 0.2) is 0 Å². The molecule has 6 nitrogen and oxygen atoms in total. The average molecular weight is 252 g/mol. The molecule has 0 spiro atoms. The van der Waals surface area contributed by atoms with Crippen LogP contribution in [0.3, 0.4) is 0 Å². The van der Waals surface area contributed by atoms with Gasteiger partial charge >= 0.3 is 0 Å². The minimum Gasteiger partial charge on any atom is -0.369 e. The number of hydrogen-bond acceptors (Lipinski definition) is 4. The molecule has 0 unspecified atom stereocenters. The highest BCUT2D eigenvalue weighted by atomic mass is 16.6. The Morgan fingerprint density at radius 2 is 2.17 bits per heavy atom. The molecule has 0 fully saturated rings. The first-order valence-electron chi connectivity index (χ1n) is 5.56. The maximum atomic E-state index is 11.5. The van der Waals surface area contributed by atoms with Crippen LogP contribution in [0.5, 0.6) is 0 Å². The number of rotatable bonds is 5. The van der Waals surface area contributed by atoms with Gasteiger partial charge in [0.25, 0.3) is 11.6 Å². The van der Waals surface area contributed by atoms with Crippen molar-refractivity contribution < 1.29 is 14.5 Å². The van der Waals surface area contributed by atoms with E-state index in [1.165, 1.54) is 12.1 Å². The molecule has 0 aliphatic heterocycles. The van der Waals surface area contributed by atoms with Crippen LogP contribution in [0.1, 0.15) is 19.4 Å². The van der Waals surface area contributed by atoms with Gasteiger partial charge in [-0.1, -0.05) is 6.07 Å². The maximum absolute atomic E-state index is 11.5. The highest BCUT2D eigenvalue weighted by molar-refractivity contribution is 5.94. The average Bonchev–Trinajstić information content (AvgIpc) is 2.28. The van der Waals surface area contributed by atoms with Gasteiger partial charge < -0.3 is 10.1 Å². The summed E-state index contributed by atoms with van der Waals surface area (Å²) < 4.78 is 5.12. The van der Waals surface area contributed by atoms with Gasteiger partial charge in [-0.2, -0.15) is 0 Å². The number of carbonyl (C=O) groups is 1. The Labute approximate surface area is 105 Å². The lowest BCUT2D eigenvalue weighted by molar-refractivity contribution is -0.384. The van der Waals surface area contributed by atoms with Gasteiger partial charge in [-0.05, 0) is 32.4 Å². The summed E-state index contributed by atoms with van der Waals surface area (Å²) in [6.45, 7) is 5.24. The summed E-state index contributed by atoms with van der Waals surface area (Å²) in [4.78, 5) is 21.8. The van der Waals surface area contributed by atoms with Crippen molar-refractivity contribution >= 4 is 17.3 Å². The van der Waals surface area contributed by atoms with Crippen molar-refractivity contribution in [1.29, 1.82) is 0 Å². The van der Waals surface area contributed by atoms with E-state index in [2.05, 4.69) is 5.32 Å². The normalized spacial score (nSPS) is 10.4. The quantitative estimate of drug-likeness (QED) is 0.643. The minimum atomic E-state index is -0.522. The van der Waals surface area contributed by atoms with Gasteiger partial charge in [0.2, 0.25) is 0 Å². The standard InChI is InChI=1S/C12H16N2O4/c1-8(2)18-7-12(15)13-10-5-4-9(3)6-11(10)14(16)17/h4-6,8H,7H2,1-3H3,(H,13,15). The van der Waals surface area contributed by atoms with E-state index in [1.54, 1.807) is 13.0 Å². The van der Waals surface area contributed by atoms with Crippen LogP contribution in [-0.4, -0.2) is 23.5 Å². The first kappa shape index (κ1) is 14.1. The maximum Gasteiger partial charge on any atom is 0.293 e. The summed E-state index contributed by atoms with van der Waals surface area (Å²) in [6.07, 6.45) is -0.0660. The van der Waals surface area contributed by atoms with Crippen LogP contribution in [0.25, 0.3) is 0 Å². The van der Waals surface area contributed by atoms with E-state index in [0.717, 1.165) is 5.56 Å². The van der Waals surface area contributed by atoms with E-state index >= 15 is 0 Å². The Morgan fingerprint density at radius 3 is 2.72 bits per heavy atom. The smallest absolute Gasteiger partial charge is 0.293 e. The molecule has 0 aromatic heterocycles. The van der Waals surface area contributed by atoms with Gasteiger partial charge in [-0.25, -0.2) is 0 Å². The molecule has 0 saturated carbocycles. The highest BCUT2D eigenvalue weighted by Gasteiger charge is 2.16. The second kappa shape index (κ2) is 6.11. The largest absolute Gasteiger partial charge is 0.369 e. The topological polar surface area (TPSA) is 81.5 Å². The highest BCUT2D eigenvalue weighted by Crippen LogP contribution is 2.25. The van der Waals surface area contributed by atoms with Crippen LogP contribution in [0.4, 0.5) is 11.4 Å². The molecule has 0 aliphatic carbocycles. The molecule has 6 heteroatoms. The molecule has 18 heavy (non-hydrogen) atoms. The lowest BCUT2D eigenvalue weighted by Crippen LogP contribution is -2.21. The second-order valence-electron chi connectivity index (χ2n) is 4.19. The van der Waals surface area contributed by atoms with Crippen molar-refractivity contribution in [3.63, 3.8) is 0 Å². The SMILES string of the molecule is Cc1ccc(NC(=O)COC(C)C)c([N+](=O)[O-])c1. The Kier molecular flexibility index (Phi) is 4.79. The third-order valence-electron chi connectivity index (χ3n) is 2.17. The number of nitro benzene ring substituents is 1. The van der Waals surface area contributed by atoms with E-state index < -0.39 is 10.8 Å². The van der Waals surface area contributed by atoms with Crippen molar-refractivity contribution in [2.24, 2.45) is 0 Å². The molecule has 1 aromatic rings. The van der Waals surface area contributed by atoms with Crippen LogP contribution >= 0.6 is 0 Å². The molecular formula is C12H16N2O4. The van der Waals surface area contributed by atoms with Crippen molar-refractivity contribution in [3.8, 4) is 0 Å². The van der Waals surface area contributed by atoms with Gasteiger partial charge in [0, 0.05) is 6.07 Å². The van der Waals surface area contributed by atoms with Crippen LogP contribution in [-0.2, 0) is 9.53 Å². The van der Waals surface area contributed by atoms with Crippen LogP contribution < -0.4 is 5.32 Å². The van der Waals surface area contributed by atoms with Gasteiger partial charge in [0.05, 0.1) is 11.0 Å². The summed E-state index contributed by atoms with van der Waals surface area (Å²) >= 11 is 0. The molecule has 0 heterocycles. The van der Waals surface area contributed by atoms with Gasteiger partial charge in [0.1, 0.15) is 12.3 Å². The summed E-state index contributed by atoms with van der Waals surface area (Å²) in [5.74, 6) is -0.407. The molecule has 1 rings (SSSR count). The molecule has 0 saturated heterocycles. The number of amides is 1. The summed E-state index contributed by atoms with van der Waals surface area (Å²) in [5, 5.41) is 13.3. The number of nitro groups is 1. The molecule has 0 radical (unpaired) electrons. The zero-order chi connectivity index (χ0) is 13.7. The molecule has 98 valence electrons. The summed E-state index contributed by atoms with van der Waals surface area (Å²) in [6, 6.07) is 4.63. The van der Waals surface area contributed by atoms with Crippen molar-refractivity contribution in [2.75, 3.05) is 11.9 Å². The Bertz CT molecular complexity index is 457. The monoisotopic (exact) mass is 252 g/mol. The fraction of sp³-hybridized carbons (Fsp3) is 0.417. The van der Waals surface area contributed by atoms with Crippen LogP contribution in [0, 0.1) is 17.0 Å². The first-order chi connectivity index (χ1) is 8.40. The van der Waals surface area contributed by atoms with Gasteiger partial charge in [-0.15, -0.1) is 0 Å². The third-order valence-corrected chi connectivity index (χ3v) is 2.17. The van der Waals surface area contributed by atoms with E-state index in [-0.39, 0.29) is 24.1 Å². The predicted octanol–water partition coefficient (Wildman–Crippen LogP) is 2.27. The molecule has 0 bridgehead atoms. The number of nitrogens with zero attached hydrogens (tertiary/aromatic N) is 1. The molecule has 1 amide bonds. The second-order valence-corrected chi connectivity index (χ2v) is 4.19. The van der Waals surface area contributed by atoms with Crippen molar-refractivity contribution in [2.45, 2.75) is 26.9 Å². The summed E-state index contributed by atoms with van der Waals surface area (Å²) in [7, 11) is 0. The molecule has 0 atom stereocenters. The number of ether oxygens (including phenoxy) is 1. The Balaban J connectivity index is 2.78. The molecule has 1 N–H and O–H groups in total. The summed E-state index contributed by atoms with van der Waals surface area (Å²) in [5.41, 5.74) is 0.828.